The van der Waals surface area contributed by atoms with Gasteiger partial charge in [0.25, 0.3) is 0 Å². The summed E-state index contributed by atoms with van der Waals surface area (Å²) in [7, 11) is 0. The summed E-state index contributed by atoms with van der Waals surface area (Å²) in [5, 5.41) is 35.9. The minimum atomic E-state index is -1.30. The minimum absolute atomic E-state index is 0.184. The molecule has 1 rings (SSSR count). The molecule has 0 heterocycles. The maximum atomic E-state index is 11.0. The van der Waals surface area contributed by atoms with Gasteiger partial charge in [-0.15, -0.1) is 0 Å². The highest BCUT2D eigenvalue weighted by Gasteiger charge is 2.32. The maximum Gasteiger partial charge on any atom is 0.317 e. The monoisotopic (exact) mass is 498 g/mol. The third-order valence-corrected chi connectivity index (χ3v) is 8.20. The van der Waals surface area contributed by atoms with E-state index in [1.807, 2.05) is 0 Å². The normalized spacial score (nSPS) is 22.7. The second kappa shape index (κ2) is 16.5. The van der Waals surface area contributed by atoms with Crippen LogP contribution in [0.4, 0.5) is 0 Å². The van der Waals surface area contributed by atoms with Crippen LogP contribution in [0.1, 0.15) is 110 Å². The minimum Gasteiger partial charge on any atom is -0.481 e. The molecule has 202 valence electrons. The van der Waals surface area contributed by atoms with E-state index < -0.39 is 35.7 Å². The van der Waals surface area contributed by atoms with E-state index in [-0.39, 0.29) is 12.8 Å². The van der Waals surface area contributed by atoms with Crippen LogP contribution in [0, 0.1) is 35.5 Å². The number of carbonyl (C=O) groups is 4. The summed E-state index contributed by atoms with van der Waals surface area (Å²) in [6.07, 6.45) is 13.5. The Labute approximate surface area is 209 Å². The first kappa shape index (κ1) is 30.9. The average Bonchev–Trinajstić information content (AvgIpc) is 2.90. The van der Waals surface area contributed by atoms with Crippen molar-refractivity contribution >= 4 is 23.9 Å². The van der Waals surface area contributed by atoms with Gasteiger partial charge in [0.15, 0.2) is 11.8 Å². The lowest BCUT2D eigenvalue weighted by atomic mass is 9.73. The van der Waals surface area contributed by atoms with Crippen molar-refractivity contribution in [2.24, 2.45) is 35.5 Å². The molecule has 4 atom stereocenters. The Morgan fingerprint density at radius 2 is 1.06 bits per heavy atom. The van der Waals surface area contributed by atoms with Crippen molar-refractivity contribution in [1.29, 1.82) is 0 Å². The first-order valence-corrected chi connectivity index (χ1v) is 13.5. The van der Waals surface area contributed by atoms with Gasteiger partial charge in [-0.05, 0) is 42.9 Å². The SMILES string of the molecule is CC1CCCC(CCCCCCC(C(=O)O)C(=O)O)C(CCCCCCC(C(=O)O)C(=O)O)C1C. The molecule has 4 unspecified atom stereocenters. The fraction of sp³-hybridized carbons (Fsp3) is 0.852. The second-order valence-electron chi connectivity index (χ2n) is 10.6. The maximum absolute atomic E-state index is 11.0. The zero-order valence-corrected chi connectivity index (χ0v) is 21.5. The molecule has 1 saturated carbocycles. The van der Waals surface area contributed by atoms with E-state index in [0.717, 1.165) is 51.4 Å². The Kier molecular flexibility index (Phi) is 14.6. The summed E-state index contributed by atoms with van der Waals surface area (Å²) >= 11 is 0. The molecule has 8 nitrogen and oxygen atoms in total. The fourth-order valence-electron chi connectivity index (χ4n) is 5.78. The van der Waals surface area contributed by atoms with Crippen LogP contribution < -0.4 is 0 Å². The van der Waals surface area contributed by atoms with Crippen LogP contribution in [-0.4, -0.2) is 44.3 Å². The average molecular weight is 499 g/mol. The smallest absolute Gasteiger partial charge is 0.317 e. The highest BCUT2D eigenvalue weighted by Crippen LogP contribution is 2.42. The molecule has 0 bridgehead atoms. The molecule has 0 aliphatic heterocycles. The van der Waals surface area contributed by atoms with Gasteiger partial charge in [0.05, 0.1) is 0 Å². The van der Waals surface area contributed by atoms with Crippen LogP contribution in [-0.2, 0) is 19.2 Å². The molecule has 0 aromatic carbocycles. The highest BCUT2D eigenvalue weighted by molar-refractivity contribution is 5.93. The zero-order chi connectivity index (χ0) is 26.4. The summed E-state index contributed by atoms with van der Waals surface area (Å²) in [5.74, 6) is -4.97. The van der Waals surface area contributed by atoms with E-state index in [0.29, 0.717) is 36.5 Å². The van der Waals surface area contributed by atoms with E-state index in [9.17, 15) is 19.2 Å². The molecule has 0 aromatic rings. The van der Waals surface area contributed by atoms with Crippen molar-refractivity contribution in [3.63, 3.8) is 0 Å². The molecule has 0 saturated heterocycles. The standard InChI is InChI=1S/C27H46O8/c1-18-12-11-14-20(13-7-3-4-9-16-22(24(28)29)25(30)31)21(19(18)2)15-8-5-6-10-17-23(26(32)33)27(34)35/h18-23H,3-17H2,1-2H3,(H,28,29)(H,30,31)(H,32,33)(H,34,35). The molecule has 1 aliphatic rings. The molecule has 4 N–H and O–H groups in total. The predicted octanol–water partition coefficient (Wildman–Crippen LogP) is 5.93. The molecule has 0 amide bonds. The topological polar surface area (TPSA) is 149 Å². The molecule has 0 spiro atoms. The van der Waals surface area contributed by atoms with E-state index in [4.69, 9.17) is 20.4 Å². The van der Waals surface area contributed by atoms with Crippen molar-refractivity contribution < 1.29 is 39.6 Å². The number of carboxylic acids is 4. The van der Waals surface area contributed by atoms with Gasteiger partial charge in [0.1, 0.15) is 0 Å². The Morgan fingerprint density at radius 3 is 1.51 bits per heavy atom. The molecule has 0 aromatic heterocycles. The first-order chi connectivity index (χ1) is 16.6. The van der Waals surface area contributed by atoms with Crippen LogP contribution in [0.25, 0.3) is 0 Å². The number of hydrogen-bond acceptors (Lipinski definition) is 4. The largest absolute Gasteiger partial charge is 0.481 e. The molecule has 8 heteroatoms. The van der Waals surface area contributed by atoms with E-state index in [1.54, 1.807) is 0 Å². The molecule has 1 fully saturated rings. The molecule has 1 aliphatic carbocycles. The zero-order valence-electron chi connectivity index (χ0n) is 21.5. The lowest BCUT2D eigenvalue weighted by Crippen LogP contribution is -2.24. The van der Waals surface area contributed by atoms with Gasteiger partial charge in [0.2, 0.25) is 0 Å². The first-order valence-electron chi connectivity index (χ1n) is 13.5. The number of rotatable bonds is 18. The molecular weight excluding hydrogens is 452 g/mol. The van der Waals surface area contributed by atoms with Gasteiger partial charge in [-0.1, -0.05) is 90.9 Å². The summed E-state index contributed by atoms with van der Waals surface area (Å²) in [4.78, 5) is 44.0. The summed E-state index contributed by atoms with van der Waals surface area (Å²) in [6.45, 7) is 4.72. The van der Waals surface area contributed by atoms with Gasteiger partial charge in [0, 0.05) is 0 Å². The number of carboxylic acid groups (broad SMARTS) is 4. The van der Waals surface area contributed by atoms with Gasteiger partial charge in [-0.2, -0.15) is 0 Å². The van der Waals surface area contributed by atoms with Crippen LogP contribution in [0.15, 0.2) is 0 Å². The lowest BCUT2D eigenvalue weighted by molar-refractivity contribution is -0.156. The van der Waals surface area contributed by atoms with Crippen molar-refractivity contribution in [2.45, 2.75) is 110 Å². The van der Waals surface area contributed by atoms with E-state index >= 15 is 0 Å². The molecule has 35 heavy (non-hydrogen) atoms. The van der Waals surface area contributed by atoms with E-state index in [2.05, 4.69) is 13.8 Å². The Balaban J connectivity index is 2.42. The van der Waals surface area contributed by atoms with Crippen LogP contribution >= 0.6 is 0 Å². The summed E-state index contributed by atoms with van der Waals surface area (Å²) in [5.41, 5.74) is 0. The quantitative estimate of drug-likeness (QED) is 0.103. The van der Waals surface area contributed by atoms with Gasteiger partial charge in [-0.25, -0.2) is 0 Å². The lowest BCUT2D eigenvalue weighted by Gasteiger charge is -2.32. The summed E-state index contributed by atoms with van der Waals surface area (Å²) < 4.78 is 0. The molecular formula is C27H46O8. The predicted molar refractivity (Wildman–Crippen MR) is 132 cm³/mol. The molecule has 0 radical (unpaired) electrons. The van der Waals surface area contributed by atoms with Crippen molar-refractivity contribution in [3.8, 4) is 0 Å². The van der Waals surface area contributed by atoms with Gasteiger partial charge in [-0.3, -0.25) is 19.2 Å². The number of unbranched alkanes of at least 4 members (excludes halogenated alkanes) is 6. The van der Waals surface area contributed by atoms with Crippen molar-refractivity contribution in [2.75, 3.05) is 0 Å². The van der Waals surface area contributed by atoms with Gasteiger partial charge < -0.3 is 20.4 Å². The van der Waals surface area contributed by atoms with Crippen molar-refractivity contribution in [1.82, 2.24) is 0 Å². The number of aliphatic carboxylic acids is 4. The second-order valence-corrected chi connectivity index (χ2v) is 10.6. The Morgan fingerprint density at radius 1 is 0.629 bits per heavy atom. The third kappa shape index (κ3) is 11.4. The Bertz CT molecular complexity index is 648. The Hall–Kier alpha value is -2.12. The van der Waals surface area contributed by atoms with Crippen LogP contribution in [0.5, 0.6) is 0 Å². The van der Waals surface area contributed by atoms with E-state index in [1.165, 1.54) is 19.3 Å². The van der Waals surface area contributed by atoms with Gasteiger partial charge >= 0.3 is 23.9 Å². The highest BCUT2D eigenvalue weighted by atomic mass is 16.4. The van der Waals surface area contributed by atoms with Crippen LogP contribution in [0.3, 0.4) is 0 Å². The van der Waals surface area contributed by atoms with Crippen LogP contribution in [0.2, 0.25) is 0 Å². The fourth-order valence-corrected chi connectivity index (χ4v) is 5.78. The van der Waals surface area contributed by atoms with Crippen molar-refractivity contribution in [3.05, 3.63) is 0 Å². The number of hydrogen-bond donors (Lipinski definition) is 4. The third-order valence-electron chi connectivity index (χ3n) is 8.20. The summed E-state index contributed by atoms with van der Waals surface area (Å²) in [6, 6.07) is 0.